The van der Waals surface area contributed by atoms with E-state index >= 15 is 0 Å². The fourth-order valence-electron chi connectivity index (χ4n) is 2.90. The highest BCUT2D eigenvalue weighted by Crippen LogP contribution is 2.33. The molecule has 0 unspecified atom stereocenters. The zero-order valence-corrected chi connectivity index (χ0v) is 19.0. The third-order valence-corrected chi connectivity index (χ3v) is 6.47. The van der Waals surface area contributed by atoms with E-state index in [2.05, 4.69) is 10.1 Å². The van der Waals surface area contributed by atoms with Gasteiger partial charge in [0.1, 0.15) is 5.56 Å². The molecule has 1 N–H and O–H groups in total. The fourth-order valence-corrected chi connectivity index (χ4v) is 4.41. The normalized spacial score (nSPS) is 11.4. The van der Waals surface area contributed by atoms with Crippen molar-refractivity contribution in [1.82, 2.24) is 4.31 Å². The Bertz CT molecular complexity index is 1090. The number of carbonyl (C=O) groups excluding carboxylic acids is 2. The van der Waals surface area contributed by atoms with Gasteiger partial charge < -0.3 is 19.5 Å². The van der Waals surface area contributed by atoms with E-state index in [0.717, 1.165) is 0 Å². The van der Waals surface area contributed by atoms with Crippen LogP contribution in [0, 0.1) is 0 Å². The lowest BCUT2D eigenvalue weighted by atomic mass is 10.2. The lowest BCUT2D eigenvalue weighted by Gasteiger charge is -2.18. The highest BCUT2D eigenvalue weighted by atomic mass is 32.2. The van der Waals surface area contributed by atoms with Gasteiger partial charge >= 0.3 is 12.6 Å². The molecule has 0 radical (unpaired) electrons. The second-order valence-corrected chi connectivity index (χ2v) is 8.39. The number of benzene rings is 2. The average Bonchev–Trinajstić information content (AvgIpc) is 2.78. The largest absolute Gasteiger partial charge is 0.493 e. The lowest BCUT2D eigenvalue weighted by molar-refractivity contribution is -0.119. The number of esters is 1. The number of nitrogens with zero attached hydrogens (tertiary/aromatic N) is 1. The standard InChI is InChI=1S/C21H24F2N2O7S/c1-4-25(5-2)33(28,29)15-9-6-8-14(12-15)24-18(26)13-31-20(27)16-10-7-11-17(30-3)19(16)32-21(22)23/h6-12,21H,4-5,13H2,1-3H3,(H,24,26). The van der Waals surface area contributed by atoms with Gasteiger partial charge in [-0.15, -0.1) is 0 Å². The van der Waals surface area contributed by atoms with Crippen LogP contribution < -0.4 is 14.8 Å². The summed E-state index contributed by atoms with van der Waals surface area (Å²) in [5, 5.41) is 2.43. The predicted octanol–water partition coefficient (Wildman–Crippen LogP) is 3.12. The summed E-state index contributed by atoms with van der Waals surface area (Å²) in [4.78, 5) is 24.5. The zero-order valence-electron chi connectivity index (χ0n) is 18.2. The van der Waals surface area contributed by atoms with Crippen LogP contribution in [0.1, 0.15) is 24.2 Å². The molecule has 0 fully saturated rings. The Balaban J connectivity index is 2.09. The highest BCUT2D eigenvalue weighted by molar-refractivity contribution is 7.89. The number of sulfonamides is 1. The van der Waals surface area contributed by atoms with Crippen LogP contribution in [-0.4, -0.2) is 58.0 Å². The van der Waals surface area contributed by atoms with Gasteiger partial charge in [-0.25, -0.2) is 13.2 Å². The molecule has 0 aliphatic rings. The number of halogens is 2. The van der Waals surface area contributed by atoms with Crippen molar-refractivity contribution < 1.29 is 41.0 Å². The molecule has 0 spiro atoms. The first-order valence-corrected chi connectivity index (χ1v) is 11.3. The second kappa shape index (κ2) is 11.6. The minimum Gasteiger partial charge on any atom is -0.493 e. The minimum absolute atomic E-state index is 0.00818. The number of methoxy groups -OCH3 is 1. The SMILES string of the molecule is CCN(CC)S(=O)(=O)c1cccc(NC(=O)COC(=O)c2cccc(OC)c2OC(F)F)c1. The number of para-hydroxylation sites is 1. The number of rotatable bonds is 11. The average molecular weight is 486 g/mol. The second-order valence-electron chi connectivity index (χ2n) is 6.46. The molecule has 12 heteroatoms. The first-order chi connectivity index (χ1) is 15.6. The van der Waals surface area contributed by atoms with Gasteiger partial charge in [0.2, 0.25) is 10.0 Å². The summed E-state index contributed by atoms with van der Waals surface area (Å²) >= 11 is 0. The fraction of sp³-hybridized carbons (Fsp3) is 0.333. The van der Waals surface area contributed by atoms with Crippen molar-refractivity contribution in [1.29, 1.82) is 0 Å². The number of amides is 1. The van der Waals surface area contributed by atoms with Crippen molar-refractivity contribution in [3.8, 4) is 11.5 Å². The molecule has 0 aromatic heterocycles. The monoisotopic (exact) mass is 486 g/mol. The van der Waals surface area contributed by atoms with Crippen molar-refractivity contribution in [3.63, 3.8) is 0 Å². The Morgan fingerprint density at radius 2 is 1.76 bits per heavy atom. The molecule has 1 amide bonds. The van der Waals surface area contributed by atoms with Crippen LogP contribution in [0.5, 0.6) is 11.5 Å². The van der Waals surface area contributed by atoms with Crippen molar-refractivity contribution in [2.24, 2.45) is 0 Å². The number of hydrogen-bond donors (Lipinski definition) is 1. The summed E-state index contributed by atoms with van der Waals surface area (Å²) in [5.74, 6) is -2.48. The zero-order chi connectivity index (χ0) is 24.6. The van der Waals surface area contributed by atoms with Crippen LogP contribution in [0.2, 0.25) is 0 Å². The summed E-state index contributed by atoms with van der Waals surface area (Å²) in [6, 6.07) is 9.48. The molecule has 33 heavy (non-hydrogen) atoms. The molecule has 2 aromatic carbocycles. The topological polar surface area (TPSA) is 111 Å². The molecule has 180 valence electrons. The molecule has 0 saturated carbocycles. The van der Waals surface area contributed by atoms with Crippen molar-refractivity contribution >= 4 is 27.6 Å². The molecule has 2 aromatic rings. The van der Waals surface area contributed by atoms with E-state index in [1.165, 1.54) is 53.9 Å². The maximum Gasteiger partial charge on any atom is 0.387 e. The van der Waals surface area contributed by atoms with Crippen LogP contribution in [0.3, 0.4) is 0 Å². The van der Waals surface area contributed by atoms with E-state index in [1.54, 1.807) is 13.8 Å². The molecule has 0 heterocycles. The summed E-state index contributed by atoms with van der Waals surface area (Å²) in [6.45, 7) is 0.0233. The third kappa shape index (κ3) is 6.62. The van der Waals surface area contributed by atoms with Gasteiger partial charge in [0, 0.05) is 18.8 Å². The van der Waals surface area contributed by atoms with Crippen LogP contribution >= 0.6 is 0 Å². The summed E-state index contributed by atoms with van der Waals surface area (Å²) < 4.78 is 66.1. The van der Waals surface area contributed by atoms with Gasteiger partial charge in [-0.2, -0.15) is 13.1 Å². The van der Waals surface area contributed by atoms with Gasteiger partial charge in [0.05, 0.1) is 12.0 Å². The number of carbonyl (C=O) groups is 2. The minimum atomic E-state index is -3.73. The number of hydrogen-bond acceptors (Lipinski definition) is 7. The van der Waals surface area contributed by atoms with E-state index in [1.807, 2.05) is 0 Å². The number of alkyl halides is 2. The van der Waals surface area contributed by atoms with Gasteiger partial charge in [-0.1, -0.05) is 26.0 Å². The molecule has 0 bridgehead atoms. The Kier molecular flexibility index (Phi) is 9.12. The van der Waals surface area contributed by atoms with E-state index in [0.29, 0.717) is 0 Å². The predicted molar refractivity (Wildman–Crippen MR) is 115 cm³/mol. The quantitative estimate of drug-likeness (QED) is 0.486. The Hall–Kier alpha value is -3.25. The van der Waals surface area contributed by atoms with Gasteiger partial charge in [-0.05, 0) is 30.3 Å². The molecule has 0 aliphatic carbocycles. The molecular weight excluding hydrogens is 462 g/mol. The third-order valence-electron chi connectivity index (χ3n) is 4.42. The molecular formula is C21H24F2N2O7S. The van der Waals surface area contributed by atoms with Gasteiger partial charge in [0.25, 0.3) is 5.91 Å². The van der Waals surface area contributed by atoms with Gasteiger partial charge in [0.15, 0.2) is 18.1 Å². The number of nitrogens with one attached hydrogen (secondary N) is 1. The van der Waals surface area contributed by atoms with E-state index in [4.69, 9.17) is 9.47 Å². The van der Waals surface area contributed by atoms with Crippen LogP contribution in [-0.2, 0) is 19.6 Å². The molecule has 9 nitrogen and oxygen atoms in total. The maximum absolute atomic E-state index is 12.7. The van der Waals surface area contributed by atoms with E-state index < -0.39 is 40.9 Å². The molecule has 0 saturated heterocycles. The maximum atomic E-state index is 12.7. The van der Waals surface area contributed by atoms with Crippen molar-refractivity contribution in [2.75, 3.05) is 32.1 Å². The van der Waals surface area contributed by atoms with Crippen LogP contribution in [0.4, 0.5) is 14.5 Å². The van der Waals surface area contributed by atoms with Crippen LogP contribution in [0.15, 0.2) is 47.4 Å². The first kappa shape index (κ1) is 26.0. The van der Waals surface area contributed by atoms with Crippen molar-refractivity contribution in [3.05, 3.63) is 48.0 Å². The smallest absolute Gasteiger partial charge is 0.387 e. The summed E-state index contributed by atoms with van der Waals surface area (Å²) in [5.41, 5.74) is -0.179. The van der Waals surface area contributed by atoms with E-state index in [-0.39, 0.29) is 35.0 Å². The summed E-state index contributed by atoms with van der Waals surface area (Å²) in [6.07, 6.45) is 0. The molecule has 0 atom stereocenters. The van der Waals surface area contributed by atoms with Gasteiger partial charge in [-0.3, -0.25) is 4.79 Å². The Morgan fingerprint density at radius 3 is 2.36 bits per heavy atom. The number of ether oxygens (including phenoxy) is 3. The summed E-state index contributed by atoms with van der Waals surface area (Å²) in [7, 11) is -2.52. The molecule has 2 rings (SSSR count). The Morgan fingerprint density at radius 1 is 1.09 bits per heavy atom. The number of anilines is 1. The first-order valence-electron chi connectivity index (χ1n) is 9.83. The molecule has 0 aliphatic heterocycles. The Labute approximate surface area is 190 Å². The van der Waals surface area contributed by atoms with Crippen molar-refractivity contribution in [2.45, 2.75) is 25.4 Å². The lowest BCUT2D eigenvalue weighted by Crippen LogP contribution is -2.30. The highest BCUT2D eigenvalue weighted by Gasteiger charge is 2.23. The van der Waals surface area contributed by atoms with E-state index in [9.17, 15) is 26.8 Å². The van der Waals surface area contributed by atoms with Crippen LogP contribution in [0.25, 0.3) is 0 Å².